The van der Waals surface area contributed by atoms with Crippen molar-refractivity contribution in [3.63, 3.8) is 0 Å². The van der Waals surface area contributed by atoms with Crippen LogP contribution in [0.4, 0.5) is 22.2 Å². The number of hydrogen-bond acceptors (Lipinski definition) is 8. The Morgan fingerprint density at radius 3 is 2.15 bits per heavy atom. The summed E-state index contributed by atoms with van der Waals surface area (Å²) in [5.74, 6) is 1.33. The lowest BCUT2D eigenvalue weighted by molar-refractivity contribution is -0.123. The molecule has 1 saturated carbocycles. The first-order chi connectivity index (χ1) is 23.0. The van der Waals surface area contributed by atoms with Gasteiger partial charge in [0.1, 0.15) is 6.54 Å². The second-order valence-electron chi connectivity index (χ2n) is 13.4. The summed E-state index contributed by atoms with van der Waals surface area (Å²) in [5, 5.41) is 12.3. The van der Waals surface area contributed by atoms with Crippen LogP contribution in [0.25, 0.3) is 5.65 Å². The number of nitrogens with zero attached hydrogens (tertiary/aromatic N) is 8. The molecule has 2 fully saturated rings. The van der Waals surface area contributed by atoms with Crippen molar-refractivity contribution < 1.29 is 9.59 Å². The van der Waals surface area contributed by atoms with Gasteiger partial charge in [0.2, 0.25) is 11.9 Å². The van der Waals surface area contributed by atoms with Crippen molar-refractivity contribution in [2.45, 2.75) is 72.5 Å². The Kier molecular flexibility index (Phi) is 8.06. The fourth-order valence-corrected chi connectivity index (χ4v) is 6.19. The van der Waals surface area contributed by atoms with Crippen LogP contribution in [0.15, 0.2) is 61.1 Å². The third-order valence-electron chi connectivity index (χ3n) is 9.62. The molecule has 4 heterocycles. The summed E-state index contributed by atoms with van der Waals surface area (Å²) >= 11 is 0. The van der Waals surface area contributed by atoms with E-state index in [1.54, 1.807) is 6.20 Å². The predicted molar refractivity (Wildman–Crippen MR) is 186 cm³/mol. The highest BCUT2D eigenvalue weighted by atomic mass is 16.2. The molecule has 1 saturated heterocycles. The van der Waals surface area contributed by atoms with Gasteiger partial charge in [0.15, 0.2) is 11.5 Å². The minimum Gasteiger partial charge on any atom is -0.360 e. The second kappa shape index (κ2) is 12.4. The second-order valence-corrected chi connectivity index (χ2v) is 13.4. The Balaban J connectivity index is 1.17. The summed E-state index contributed by atoms with van der Waals surface area (Å²) in [4.78, 5) is 40.1. The zero-order valence-corrected chi connectivity index (χ0v) is 28.4. The molecule has 1 atom stereocenters. The molecule has 1 aliphatic carbocycles. The van der Waals surface area contributed by atoms with Crippen LogP contribution in [0.3, 0.4) is 0 Å². The number of carbonyl (C=O) groups is 2. The number of likely N-dealkylation sites (N-methyl/N-ethyl adjacent to an activating group) is 1. The van der Waals surface area contributed by atoms with Crippen LogP contribution in [0, 0.1) is 27.7 Å². The quantitative estimate of drug-likeness (QED) is 0.174. The number of aromatic nitrogens is 5. The highest BCUT2D eigenvalue weighted by Gasteiger charge is 2.36. The van der Waals surface area contributed by atoms with Gasteiger partial charge in [0.05, 0.1) is 23.6 Å². The van der Waals surface area contributed by atoms with Crippen molar-refractivity contribution in [3.05, 3.63) is 106 Å². The minimum atomic E-state index is -0.337. The molecule has 0 unspecified atom stereocenters. The smallest absolute Gasteiger partial charge is 0.331 e. The third kappa shape index (κ3) is 6.20. The van der Waals surface area contributed by atoms with Gasteiger partial charge in [0, 0.05) is 32.5 Å². The van der Waals surface area contributed by atoms with Crippen LogP contribution < -0.4 is 15.1 Å². The van der Waals surface area contributed by atoms with Crippen LogP contribution >= 0.6 is 0 Å². The maximum atomic E-state index is 13.0. The van der Waals surface area contributed by atoms with E-state index in [-0.39, 0.29) is 24.5 Å². The highest BCUT2D eigenvalue weighted by Crippen LogP contribution is 2.42. The number of amides is 3. The average Bonchev–Trinajstić information content (AvgIpc) is 3.78. The van der Waals surface area contributed by atoms with E-state index in [1.807, 2.05) is 23.6 Å². The summed E-state index contributed by atoms with van der Waals surface area (Å²) in [5.41, 5.74) is 10.6. The summed E-state index contributed by atoms with van der Waals surface area (Å²) in [6, 6.07) is 14.5. The molecule has 7 rings (SSSR count). The number of aryl methyl sites for hydroxylation is 4. The van der Waals surface area contributed by atoms with Crippen molar-refractivity contribution in [1.82, 2.24) is 29.5 Å². The molecule has 0 radical (unpaired) electrons. The Bertz CT molecular complexity index is 2000. The first-order valence-corrected chi connectivity index (χ1v) is 16.5. The van der Waals surface area contributed by atoms with Gasteiger partial charge >= 0.3 is 6.03 Å². The Hall–Kier alpha value is -5.32. The van der Waals surface area contributed by atoms with Crippen LogP contribution in [-0.2, 0) is 17.9 Å². The number of carbonyl (C=O) groups excluding carboxylic acids is 2. The molecule has 3 amide bonds. The van der Waals surface area contributed by atoms with Gasteiger partial charge < -0.3 is 14.6 Å². The standard InChI is InChI=1S/C37H41N9O2/c1-22-7-9-27(13-24(22)3)17-45(18-28-10-8-23(2)25(4)14-28)36-41-33(16-38-42-36)39-26(5)31-20-44-19-30(29-11-12-29)15-32(35(44)40-31)46-21-34(47)43(6)37(46)48/h7-10,13-16,19-20,26,29H,11-12,17-18,21H2,1-6H3,(H,39,41,42)/t26-/m1/s1. The fourth-order valence-electron chi connectivity index (χ4n) is 6.19. The van der Waals surface area contributed by atoms with Gasteiger partial charge in [-0.3, -0.25) is 14.6 Å². The van der Waals surface area contributed by atoms with Gasteiger partial charge in [-0.05, 0) is 98.4 Å². The monoisotopic (exact) mass is 643 g/mol. The molecule has 2 aromatic carbocycles. The zero-order chi connectivity index (χ0) is 33.7. The van der Waals surface area contributed by atoms with Crippen molar-refractivity contribution in [2.24, 2.45) is 0 Å². The van der Waals surface area contributed by atoms with E-state index in [1.165, 1.54) is 45.3 Å². The van der Waals surface area contributed by atoms with Crippen LogP contribution in [0.2, 0.25) is 0 Å². The van der Waals surface area contributed by atoms with Gasteiger partial charge in [-0.15, -0.1) is 5.10 Å². The number of pyridine rings is 1. The highest BCUT2D eigenvalue weighted by molar-refractivity contribution is 6.13. The number of rotatable bonds is 10. The van der Waals surface area contributed by atoms with Gasteiger partial charge in [-0.25, -0.2) is 9.78 Å². The Labute approximate surface area is 280 Å². The predicted octanol–water partition coefficient (Wildman–Crippen LogP) is 6.41. The van der Waals surface area contributed by atoms with Gasteiger partial charge in [-0.1, -0.05) is 36.4 Å². The first-order valence-electron chi connectivity index (χ1n) is 16.5. The van der Waals surface area contributed by atoms with Crippen molar-refractivity contribution in [2.75, 3.05) is 28.7 Å². The number of imidazole rings is 1. The molecule has 2 aliphatic rings. The molecule has 1 N–H and O–H groups in total. The van der Waals surface area contributed by atoms with Crippen LogP contribution in [0.1, 0.15) is 76.4 Å². The maximum absolute atomic E-state index is 13.0. The Morgan fingerprint density at radius 1 is 0.896 bits per heavy atom. The molecule has 246 valence electrons. The van der Waals surface area contributed by atoms with Crippen molar-refractivity contribution in [1.29, 1.82) is 0 Å². The van der Waals surface area contributed by atoms with E-state index in [2.05, 4.69) is 90.7 Å². The molecule has 1 aliphatic heterocycles. The van der Waals surface area contributed by atoms with Crippen LogP contribution in [0.5, 0.6) is 0 Å². The van der Waals surface area contributed by atoms with E-state index in [4.69, 9.17) is 9.97 Å². The molecule has 11 nitrogen and oxygen atoms in total. The van der Waals surface area contributed by atoms with Gasteiger partial charge in [0.25, 0.3) is 0 Å². The summed E-state index contributed by atoms with van der Waals surface area (Å²) in [6.45, 7) is 11.8. The molecule has 48 heavy (non-hydrogen) atoms. The first kappa shape index (κ1) is 31.3. The van der Waals surface area contributed by atoms with Crippen molar-refractivity contribution >= 4 is 35.0 Å². The maximum Gasteiger partial charge on any atom is 0.331 e. The average molecular weight is 644 g/mol. The number of imide groups is 1. The summed E-state index contributed by atoms with van der Waals surface area (Å²) in [6.07, 6.45) is 7.93. The largest absolute Gasteiger partial charge is 0.360 e. The van der Waals surface area contributed by atoms with Gasteiger partial charge in [-0.2, -0.15) is 10.1 Å². The van der Waals surface area contributed by atoms with E-state index in [0.29, 0.717) is 42.1 Å². The lowest BCUT2D eigenvalue weighted by Crippen LogP contribution is -2.30. The molecule has 0 spiro atoms. The summed E-state index contributed by atoms with van der Waals surface area (Å²) < 4.78 is 1.98. The SMILES string of the molecule is Cc1ccc(CN(Cc2ccc(C)c(C)c2)c2nncc(N[C@H](C)c3cn4cc(C5CC5)cc(N5CC(=O)N(C)C5=O)c4n3)n2)cc1C. The topological polar surface area (TPSA) is 112 Å². The number of hydrogen-bond donors (Lipinski definition) is 1. The molecule has 0 bridgehead atoms. The molecule has 3 aromatic heterocycles. The summed E-state index contributed by atoms with van der Waals surface area (Å²) in [7, 11) is 1.52. The molecular weight excluding hydrogens is 602 g/mol. The Morgan fingerprint density at radius 2 is 1.56 bits per heavy atom. The number of urea groups is 1. The third-order valence-corrected chi connectivity index (χ3v) is 9.62. The van der Waals surface area contributed by atoms with E-state index in [0.717, 1.165) is 29.0 Å². The molecular formula is C37H41N9O2. The van der Waals surface area contributed by atoms with E-state index in [9.17, 15) is 9.59 Å². The number of benzene rings is 2. The fraction of sp³-hybridized carbons (Fsp3) is 0.351. The van der Waals surface area contributed by atoms with E-state index < -0.39 is 0 Å². The van der Waals surface area contributed by atoms with Crippen molar-refractivity contribution in [3.8, 4) is 0 Å². The normalized spacial score (nSPS) is 15.5. The lowest BCUT2D eigenvalue weighted by atomic mass is 10.0. The van der Waals surface area contributed by atoms with Crippen LogP contribution in [-0.4, -0.2) is 55.0 Å². The molecule has 5 aromatic rings. The lowest BCUT2D eigenvalue weighted by Gasteiger charge is -2.24. The number of nitrogens with one attached hydrogen (secondary N) is 1. The minimum absolute atomic E-state index is 0.00526. The number of fused-ring (bicyclic) bond motifs is 1. The molecule has 11 heteroatoms. The van der Waals surface area contributed by atoms with E-state index >= 15 is 0 Å². The number of anilines is 3. The zero-order valence-electron chi connectivity index (χ0n) is 28.4.